The number of thioether (sulfide) groups is 1. The molecule has 2 atom stereocenters. The molecule has 66 valence electrons. The first-order valence-electron chi connectivity index (χ1n) is 4.55. The van der Waals surface area contributed by atoms with Crippen molar-refractivity contribution in [3.05, 3.63) is 0 Å². The molecular formula is C9H13NOS. The summed E-state index contributed by atoms with van der Waals surface area (Å²) in [6, 6.07) is 2.39. The van der Waals surface area contributed by atoms with Gasteiger partial charge in [0.25, 0.3) is 0 Å². The van der Waals surface area contributed by atoms with Crippen LogP contribution in [0.4, 0.5) is 0 Å². The van der Waals surface area contributed by atoms with E-state index in [1.807, 2.05) is 11.8 Å². The Morgan fingerprint density at radius 1 is 1.50 bits per heavy atom. The molecule has 0 aromatic carbocycles. The molecule has 2 aliphatic rings. The van der Waals surface area contributed by atoms with Crippen LogP contribution in [0.15, 0.2) is 0 Å². The molecule has 2 rings (SSSR count). The summed E-state index contributed by atoms with van der Waals surface area (Å²) in [5.74, 6) is 1.21. The Morgan fingerprint density at radius 3 is 3.08 bits per heavy atom. The van der Waals surface area contributed by atoms with Crippen LogP contribution in [-0.4, -0.2) is 17.3 Å². The van der Waals surface area contributed by atoms with E-state index in [1.54, 1.807) is 0 Å². The van der Waals surface area contributed by atoms with Crippen molar-refractivity contribution in [2.24, 2.45) is 5.92 Å². The van der Waals surface area contributed by atoms with E-state index in [9.17, 15) is 0 Å². The Hall–Kier alpha value is -0.200. The molecule has 0 aromatic rings. The van der Waals surface area contributed by atoms with E-state index in [1.165, 1.54) is 12.8 Å². The first-order valence-corrected chi connectivity index (χ1v) is 5.53. The summed E-state index contributed by atoms with van der Waals surface area (Å²) in [4.78, 5) is -0.104. The fraction of sp³-hybridized carbons (Fsp3) is 0.889. The summed E-state index contributed by atoms with van der Waals surface area (Å²) < 4.78 is 5.73. The van der Waals surface area contributed by atoms with Crippen molar-refractivity contribution in [2.45, 2.75) is 30.6 Å². The third-order valence-corrected chi connectivity index (χ3v) is 4.20. The molecule has 1 saturated heterocycles. The highest BCUT2D eigenvalue weighted by atomic mass is 32.2. The van der Waals surface area contributed by atoms with Crippen molar-refractivity contribution < 1.29 is 4.74 Å². The Kier molecular flexibility index (Phi) is 2.29. The van der Waals surface area contributed by atoms with Gasteiger partial charge < -0.3 is 4.74 Å². The van der Waals surface area contributed by atoms with Gasteiger partial charge in [-0.25, -0.2) is 0 Å². The summed E-state index contributed by atoms with van der Waals surface area (Å²) in [5, 5.41) is 8.97. The van der Waals surface area contributed by atoms with Gasteiger partial charge >= 0.3 is 0 Å². The van der Waals surface area contributed by atoms with Gasteiger partial charge in [0.15, 0.2) is 0 Å². The zero-order valence-electron chi connectivity index (χ0n) is 7.08. The van der Waals surface area contributed by atoms with E-state index in [4.69, 9.17) is 10.00 Å². The van der Waals surface area contributed by atoms with E-state index in [2.05, 4.69) is 6.07 Å². The zero-order valence-corrected chi connectivity index (χ0v) is 7.90. The number of hydrogen-bond acceptors (Lipinski definition) is 3. The third kappa shape index (κ3) is 1.23. The van der Waals surface area contributed by atoms with Crippen molar-refractivity contribution >= 4 is 11.8 Å². The molecule has 1 aliphatic heterocycles. The average molecular weight is 183 g/mol. The molecule has 12 heavy (non-hydrogen) atoms. The van der Waals surface area contributed by atoms with Crippen LogP contribution in [-0.2, 0) is 4.74 Å². The van der Waals surface area contributed by atoms with Crippen molar-refractivity contribution in [1.29, 1.82) is 5.26 Å². The molecule has 2 fully saturated rings. The highest BCUT2D eigenvalue weighted by Crippen LogP contribution is 2.47. The average Bonchev–Trinajstić information content (AvgIpc) is 2.55. The SMILES string of the molecule is N#C[C@@H]1CCCC[C@]12OCCS2. The molecule has 0 amide bonds. The van der Waals surface area contributed by atoms with Gasteiger partial charge in [-0.05, 0) is 19.3 Å². The predicted octanol–water partition coefficient (Wildman–Crippen LogP) is 2.16. The van der Waals surface area contributed by atoms with Gasteiger partial charge in [-0.2, -0.15) is 5.26 Å². The Labute approximate surface area is 77.3 Å². The smallest absolute Gasteiger partial charge is 0.129 e. The van der Waals surface area contributed by atoms with Gasteiger partial charge in [0.1, 0.15) is 4.93 Å². The molecule has 0 aromatic heterocycles. The number of nitrogens with zero attached hydrogens (tertiary/aromatic N) is 1. The maximum Gasteiger partial charge on any atom is 0.129 e. The number of ether oxygens (including phenoxy) is 1. The van der Waals surface area contributed by atoms with Gasteiger partial charge in [-0.15, -0.1) is 11.8 Å². The fourth-order valence-corrected chi connectivity index (χ4v) is 3.43. The second kappa shape index (κ2) is 3.27. The minimum absolute atomic E-state index is 0.104. The molecule has 0 bridgehead atoms. The summed E-state index contributed by atoms with van der Waals surface area (Å²) in [6.45, 7) is 0.836. The number of nitriles is 1. The lowest BCUT2D eigenvalue weighted by atomic mass is 9.87. The van der Waals surface area contributed by atoms with Crippen molar-refractivity contribution in [2.75, 3.05) is 12.4 Å². The predicted molar refractivity (Wildman–Crippen MR) is 48.7 cm³/mol. The molecule has 2 nitrogen and oxygen atoms in total. The van der Waals surface area contributed by atoms with E-state index in [0.717, 1.165) is 25.2 Å². The maximum absolute atomic E-state index is 8.97. The van der Waals surface area contributed by atoms with E-state index >= 15 is 0 Å². The Morgan fingerprint density at radius 2 is 2.42 bits per heavy atom. The number of rotatable bonds is 0. The summed E-state index contributed by atoms with van der Waals surface area (Å²) >= 11 is 1.85. The van der Waals surface area contributed by atoms with Crippen molar-refractivity contribution in [3.8, 4) is 6.07 Å². The van der Waals surface area contributed by atoms with Crippen LogP contribution >= 0.6 is 11.8 Å². The second-order valence-corrected chi connectivity index (χ2v) is 4.82. The first kappa shape index (κ1) is 8.40. The summed E-state index contributed by atoms with van der Waals surface area (Å²) in [7, 11) is 0. The zero-order chi connectivity index (χ0) is 8.44. The second-order valence-electron chi connectivity index (χ2n) is 3.44. The van der Waals surface area contributed by atoms with Crippen LogP contribution in [0.1, 0.15) is 25.7 Å². The van der Waals surface area contributed by atoms with E-state index < -0.39 is 0 Å². The maximum atomic E-state index is 8.97. The normalized spacial score (nSPS) is 41.4. The van der Waals surface area contributed by atoms with Crippen LogP contribution < -0.4 is 0 Å². The van der Waals surface area contributed by atoms with Crippen LogP contribution in [0.5, 0.6) is 0 Å². The number of hydrogen-bond donors (Lipinski definition) is 0. The van der Waals surface area contributed by atoms with Gasteiger partial charge in [0.05, 0.1) is 18.6 Å². The van der Waals surface area contributed by atoms with Crippen molar-refractivity contribution in [3.63, 3.8) is 0 Å². The lowest BCUT2D eigenvalue weighted by molar-refractivity contribution is -0.000751. The largest absolute Gasteiger partial charge is 0.362 e. The topological polar surface area (TPSA) is 33.0 Å². The quantitative estimate of drug-likeness (QED) is 0.577. The molecule has 0 unspecified atom stereocenters. The monoisotopic (exact) mass is 183 g/mol. The van der Waals surface area contributed by atoms with Gasteiger partial charge in [-0.3, -0.25) is 0 Å². The first-order chi connectivity index (χ1) is 5.87. The summed E-state index contributed by atoms with van der Waals surface area (Å²) in [5.41, 5.74) is 0. The minimum Gasteiger partial charge on any atom is -0.362 e. The molecule has 0 N–H and O–H groups in total. The van der Waals surface area contributed by atoms with Gasteiger partial charge in [0.2, 0.25) is 0 Å². The lowest BCUT2D eigenvalue weighted by Gasteiger charge is -2.35. The van der Waals surface area contributed by atoms with Crippen molar-refractivity contribution in [1.82, 2.24) is 0 Å². The highest BCUT2D eigenvalue weighted by Gasteiger charge is 2.45. The van der Waals surface area contributed by atoms with Crippen LogP contribution in [0, 0.1) is 17.2 Å². The molecular weight excluding hydrogens is 170 g/mol. The molecule has 1 saturated carbocycles. The third-order valence-electron chi connectivity index (χ3n) is 2.73. The summed E-state index contributed by atoms with van der Waals surface area (Å²) in [6.07, 6.45) is 4.54. The fourth-order valence-electron chi connectivity index (χ4n) is 2.09. The van der Waals surface area contributed by atoms with E-state index in [-0.39, 0.29) is 10.9 Å². The van der Waals surface area contributed by atoms with Gasteiger partial charge in [-0.1, -0.05) is 6.42 Å². The molecule has 1 aliphatic carbocycles. The van der Waals surface area contributed by atoms with E-state index in [0.29, 0.717) is 0 Å². The van der Waals surface area contributed by atoms with Crippen LogP contribution in [0.25, 0.3) is 0 Å². The van der Waals surface area contributed by atoms with Crippen LogP contribution in [0.2, 0.25) is 0 Å². The standard InChI is InChI=1S/C9H13NOS/c10-7-8-3-1-2-4-9(8)11-5-6-12-9/h8H,1-6H2/t8-,9+/m0/s1. The molecule has 3 heteroatoms. The Bertz CT molecular complexity index is 205. The minimum atomic E-state index is -0.104. The lowest BCUT2D eigenvalue weighted by Crippen LogP contribution is -2.36. The highest BCUT2D eigenvalue weighted by molar-refractivity contribution is 8.00. The van der Waals surface area contributed by atoms with Crippen LogP contribution in [0.3, 0.4) is 0 Å². The van der Waals surface area contributed by atoms with Gasteiger partial charge in [0, 0.05) is 5.75 Å². The molecule has 1 spiro atoms. The molecule has 0 radical (unpaired) electrons. The molecule has 1 heterocycles. The Balaban J connectivity index is 2.14.